The average molecular weight is 343 g/mol. The Kier molecular flexibility index (Phi) is 5.37. The number of nitrogens with one attached hydrogen (secondary N) is 1. The summed E-state index contributed by atoms with van der Waals surface area (Å²) in [6.07, 6.45) is 0.308. The quantitative estimate of drug-likeness (QED) is 0.755. The first-order valence-corrected chi connectivity index (χ1v) is 8.20. The Morgan fingerprint density at radius 2 is 2.12 bits per heavy atom. The number of nitrogens with zero attached hydrogens (tertiary/aromatic N) is 2. The van der Waals surface area contributed by atoms with Crippen molar-refractivity contribution >= 4 is 5.91 Å². The van der Waals surface area contributed by atoms with Crippen LogP contribution in [-0.4, -0.2) is 57.6 Å². The van der Waals surface area contributed by atoms with Crippen molar-refractivity contribution in [3.8, 4) is 11.3 Å². The monoisotopic (exact) mass is 343 g/mol. The van der Waals surface area contributed by atoms with Crippen LogP contribution in [0.25, 0.3) is 11.3 Å². The molecule has 1 saturated heterocycles. The van der Waals surface area contributed by atoms with Gasteiger partial charge in [-0.3, -0.25) is 4.79 Å². The van der Waals surface area contributed by atoms with Gasteiger partial charge in [-0.25, -0.2) is 9.97 Å². The van der Waals surface area contributed by atoms with Crippen LogP contribution >= 0.6 is 0 Å². The van der Waals surface area contributed by atoms with E-state index in [9.17, 15) is 15.0 Å². The van der Waals surface area contributed by atoms with E-state index in [1.165, 1.54) is 6.20 Å². The minimum absolute atomic E-state index is 0.295. The lowest BCUT2D eigenvalue weighted by molar-refractivity contribution is -0.107. The highest BCUT2D eigenvalue weighted by Gasteiger charge is 2.33. The SMILES string of the molecule is Cc1ncc(C(=O)N[C@H]2CCO[C@H](CO)[C@H]2O)c(-c2ccccc2)n1. The van der Waals surface area contributed by atoms with Crippen LogP contribution in [0.2, 0.25) is 0 Å². The number of amides is 1. The molecule has 1 aromatic carbocycles. The molecule has 25 heavy (non-hydrogen) atoms. The molecule has 0 aliphatic carbocycles. The van der Waals surface area contributed by atoms with Gasteiger partial charge in [0.2, 0.25) is 0 Å². The fraction of sp³-hybridized carbons (Fsp3) is 0.389. The normalized spacial score (nSPS) is 23.2. The molecule has 0 saturated carbocycles. The summed E-state index contributed by atoms with van der Waals surface area (Å²) in [5, 5.41) is 22.3. The topological polar surface area (TPSA) is 105 Å². The van der Waals surface area contributed by atoms with Crippen molar-refractivity contribution in [1.29, 1.82) is 0 Å². The maximum atomic E-state index is 12.8. The Balaban J connectivity index is 1.85. The van der Waals surface area contributed by atoms with Gasteiger partial charge in [0.05, 0.1) is 23.9 Å². The number of ether oxygens (including phenoxy) is 1. The van der Waals surface area contributed by atoms with E-state index in [4.69, 9.17) is 4.74 Å². The summed E-state index contributed by atoms with van der Waals surface area (Å²) < 4.78 is 5.29. The third-order valence-corrected chi connectivity index (χ3v) is 4.25. The molecule has 1 aliphatic heterocycles. The zero-order valence-electron chi connectivity index (χ0n) is 13.9. The molecule has 0 unspecified atom stereocenters. The molecular formula is C18H21N3O4. The molecule has 1 amide bonds. The van der Waals surface area contributed by atoms with Crippen LogP contribution in [-0.2, 0) is 4.74 Å². The largest absolute Gasteiger partial charge is 0.394 e. The maximum absolute atomic E-state index is 12.8. The van der Waals surface area contributed by atoms with E-state index in [0.29, 0.717) is 30.1 Å². The minimum atomic E-state index is -0.964. The summed E-state index contributed by atoms with van der Waals surface area (Å²) in [6.45, 7) is 1.84. The van der Waals surface area contributed by atoms with Gasteiger partial charge >= 0.3 is 0 Å². The molecular weight excluding hydrogens is 322 g/mol. The molecule has 2 aromatic rings. The summed E-state index contributed by atoms with van der Waals surface area (Å²) >= 11 is 0. The van der Waals surface area contributed by atoms with Crippen molar-refractivity contribution in [1.82, 2.24) is 15.3 Å². The zero-order valence-corrected chi connectivity index (χ0v) is 13.9. The first kappa shape index (κ1) is 17.5. The Bertz CT molecular complexity index is 738. The van der Waals surface area contributed by atoms with E-state index in [2.05, 4.69) is 15.3 Å². The number of carbonyl (C=O) groups excluding carboxylic acids is 1. The molecule has 3 rings (SSSR count). The van der Waals surface area contributed by atoms with E-state index < -0.39 is 18.2 Å². The summed E-state index contributed by atoms with van der Waals surface area (Å²) in [4.78, 5) is 21.3. The van der Waals surface area contributed by atoms with Gasteiger partial charge in [0.25, 0.3) is 5.91 Å². The van der Waals surface area contributed by atoms with Gasteiger partial charge in [0.15, 0.2) is 0 Å². The third kappa shape index (κ3) is 3.84. The third-order valence-electron chi connectivity index (χ3n) is 4.25. The summed E-state index contributed by atoms with van der Waals surface area (Å²) in [7, 11) is 0. The molecule has 132 valence electrons. The number of hydrogen-bond donors (Lipinski definition) is 3. The zero-order chi connectivity index (χ0) is 17.8. The van der Waals surface area contributed by atoms with Gasteiger partial charge in [-0.2, -0.15) is 0 Å². The van der Waals surface area contributed by atoms with Crippen molar-refractivity contribution < 1.29 is 19.7 Å². The van der Waals surface area contributed by atoms with Crippen molar-refractivity contribution in [2.24, 2.45) is 0 Å². The van der Waals surface area contributed by atoms with Crippen LogP contribution in [0, 0.1) is 6.92 Å². The molecule has 1 aromatic heterocycles. The summed E-state index contributed by atoms with van der Waals surface area (Å²) in [6, 6.07) is 8.91. The second-order valence-electron chi connectivity index (χ2n) is 6.00. The Morgan fingerprint density at radius 3 is 2.84 bits per heavy atom. The lowest BCUT2D eigenvalue weighted by Gasteiger charge is -2.34. The molecule has 1 aliphatic rings. The second kappa shape index (κ2) is 7.69. The number of hydrogen-bond acceptors (Lipinski definition) is 6. The molecule has 2 heterocycles. The first-order valence-electron chi connectivity index (χ1n) is 8.20. The van der Waals surface area contributed by atoms with Gasteiger partial charge in [-0.1, -0.05) is 30.3 Å². The molecule has 0 radical (unpaired) electrons. The van der Waals surface area contributed by atoms with Gasteiger partial charge < -0.3 is 20.3 Å². The van der Waals surface area contributed by atoms with Gasteiger partial charge in [0.1, 0.15) is 18.0 Å². The molecule has 1 fully saturated rings. The lowest BCUT2D eigenvalue weighted by Crippen LogP contribution is -2.54. The number of aliphatic hydroxyl groups excluding tert-OH is 2. The van der Waals surface area contributed by atoms with Gasteiger partial charge in [0, 0.05) is 18.4 Å². The second-order valence-corrected chi connectivity index (χ2v) is 6.00. The van der Waals surface area contributed by atoms with E-state index >= 15 is 0 Å². The molecule has 3 atom stereocenters. The fourth-order valence-electron chi connectivity index (χ4n) is 2.89. The van der Waals surface area contributed by atoms with E-state index in [1.807, 2.05) is 30.3 Å². The van der Waals surface area contributed by atoms with Crippen LogP contribution in [0.3, 0.4) is 0 Å². The van der Waals surface area contributed by atoms with E-state index in [1.54, 1.807) is 6.92 Å². The summed E-state index contributed by atoms with van der Waals surface area (Å²) in [5.74, 6) is 0.211. The highest BCUT2D eigenvalue weighted by Crippen LogP contribution is 2.22. The van der Waals surface area contributed by atoms with Crippen LogP contribution < -0.4 is 5.32 Å². The predicted molar refractivity (Wildman–Crippen MR) is 90.9 cm³/mol. The smallest absolute Gasteiger partial charge is 0.255 e. The maximum Gasteiger partial charge on any atom is 0.255 e. The van der Waals surface area contributed by atoms with Crippen LogP contribution in [0.1, 0.15) is 22.6 Å². The molecule has 0 bridgehead atoms. The molecule has 7 nitrogen and oxygen atoms in total. The molecule has 7 heteroatoms. The first-order chi connectivity index (χ1) is 12.1. The van der Waals surface area contributed by atoms with Crippen LogP contribution in [0.4, 0.5) is 0 Å². The number of aromatic nitrogens is 2. The molecule has 0 spiro atoms. The van der Waals surface area contributed by atoms with Crippen LogP contribution in [0.15, 0.2) is 36.5 Å². The number of aliphatic hydroxyl groups is 2. The number of benzene rings is 1. The van der Waals surface area contributed by atoms with Gasteiger partial charge in [-0.05, 0) is 13.3 Å². The predicted octanol–water partition coefficient (Wildman–Crippen LogP) is 0.693. The number of rotatable bonds is 4. The highest BCUT2D eigenvalue weighted by molar-refractivity contribution is 5.99. The fourth-order valence-corrected chi connectivity index (χ4v) is 2.89. The average Bonchev–Trinajstić information content (AvgIpc) is 2.64. The minimum Gasteiger partial charge on any atom is -0.394 e. The van der Waals surface area contributed by atoms with E-state index in [0.717, 1.165) is 5.56 Å². The van der Waals surface area contributed by atoms with Crippen molar-refractivity contribution in [3.05, 3.63) is 47.9 Å². The number of aryl methyl sites for hydroxylation is 1. The Hall–Kier alpha value is -2.35. The Morgan fingerprint density at radius 1 is 1.36 bits per heavy atom. The van der Waals surface area contributed by atoms with Crippen LogP contribution in [0.5, 0.6) is 0 Å². The highest BCUT2D eigenvalue weighted by atomic mass is 16.5. The standard InChI is InChI=1S/C18H21N3O4/c1-11-19-9-13(16(20-11)12-5-3-2-4-6-12)18(24)21-14-7-8-25-15(10-22)17(14)23/h2-6,9,14-15,17,22-23H,7-8,10H2,1H3,(H,21,24)/t14-,15+,17-/m0/s1. The van der Waals surface area contributed by atoms with Crippen molar-refractivity contribution in [3.63, 3.8) is 0 Å². The van der Waals surface area contributed by atoms with Crippen molar-refractivity contribution in [2.75, 3.05) is 13.2 Å². The Labute approximate surface area is 145 Å². The van der Waals surface area contributed by atoms with Gasteiger partial charge in [-0.15, -0.1) is 0 Å². The number of carbonyl (C=O) groups is 1. The lowest BCUT2D eigenvalue weighted by atomic mass is 9.99. The molecule has 3 N–H and O–H groups in total. The van der Waals surface area contributed by atoms with E-state index in [-0.39, 0.29) is 12.5 Å². The summed E-state index contributed by atoms with van der Waals surface area (Å²) in [5.41, 5.74) is 1.71. The van der Waals surface area contributed by atoms with Crippen molar-refractivity contribution in [2.45, 2.75) is 31.6 Å².